The molecule has 0 saturated carbocycles. The standard InChI is InChI=1S/C25H34N4O4/c1-4-19-5-7-20(8-6-19)21-9-11-22(12-10-21)24(31)26-23(18(2)30)17-29(33)25(32)28-15-13-27(3)14-16-28/h5-12,18,23,30,33H,4,13-17H2,1-3H3,(H,26,31)/t18-,23-/m1/s1. The van der Waals surface area contributed by atoms with Crippen LogP contribution in [0.5, 0.6) is 0 Å². The normalized spacial score (nSPS) is 16.2. The minimum absolute atomic E-state index is 0.212. The number of rotatable bonds is 7. The van der Waals surface area contributed by atoms with Gasteiger partial charge in [-0.3, -0.25) is 10.0 Å². The molecule has 3 amide bonds. The maximum atomic E-state index is 12.8. The second-order valence-corrected chi connectivity index (χ2v) is 8.60. The maximum absolute atomic E-state index is 12.8. The van der Waals surface area contributed by atoms with Gasteiger partial charge < -0.3 is 20.2 Å². The lowest BCUT2D eigenvalue weighted by atomic mass is 10.0. The smallest absolute Gasteiger partial charge is 0.343 e. The number of aliphatic hydroxyl groups is 1. The van der Waals surface area contributed by atoms with E-state index in [0.717, 1.165) is 30.6 Å². The fourth-order valence-electron chi connectivity index (χ4n) is 3.74. The first-order valence-electron chi connectivity index (χ1n) is 11.4. The van der Waals surface area contributed by atoms with E-state index in [1.807, 2.05) is 19.2 Å². The Labute approximate surface area is 195 Å². The molecule has 0 aliphatic carbocycles. The molecule has 0 radical (unpaired) electrons. The maximum Gasteiger partial charge on any atom is 0.343 e. The predicted octanol–water partition coefficient (Wildman–Crippen LogP) is 2.45. The Balaban J connectivity index is 1.60. The van der Waals surface area contributed by atoms with Crippen molar-refractivity contribution < 1.29 is 19.9 Å². The topological polar surface area (TPSA) is 96.4 Å². The summed E-state index contributed by atoms with van der Waals surface area (Å²) in [5, 5.41) is 23.7. The molecule has 0 bridgehead atoms. The summed E-state index contributed by atoms with van der Waals surface area (Å²) < 4.78 is 0. The lowest BCUT2D eigenvalue weighted by molar-refractivity contribution is -0.0721. The van der Waals surface area contributed by atoms with Crippen LogP contribution in [0, 0.1) is 0 Å². The number of aliphatic hydroxyl groups excluding tert-OH is 1. The second kappa shape index (κ2) is 11.3. The van der Waals surface area contributed by atoms with Crippen molar-refractivity contribution in [3.8, 4) is 11.1 Å². The number of hydrogen-bond donors (Lipinski definition) is 3. The molecule has 1 aliphatic heterocycles. The fourth-order valence-corrected chi connectivity index (χ4v) is 3.74. The second-order valence-electron chi connectivity index (χ2n) is 8.60. The molecule has 2 atom stereocenters. The average molecular weight is 455 g/mol. The minimum atomic E-state index is -0.958. The van der Waals surface area contributed by atoms with E-state index in [1.54, 1.807) is 17.0 Å². The van der Waals surface area contributed by atoms with Gasteiger partial charge in [0, 0.05) is 31.7 Å². The summed E-state index contributed by atoms with van der Waals surface area (Å²) >= 11 is 0. The summed E-state index contributed by atoms with van der Waals surface area (Å²) in [4.78, 5) is 28.9. The Morgan fingerprint density at radius 1 is 1.00 bits per heavy atom. The molecule has 0 spiro atoms. The van der Waals surface area contributed by atoms with E-state index in [-0.39, 0.29) is 12.5 Å². The van der Waals surface area contributed by atoms with Crippen LogP contribution < -0.4 is 5.32 Å². The summed E-state index contributed by atoms with van der Waals surface area (Å²) in [5.41, 5.74) is 3.77. The highest BCUT2D eigenvalue weighted by Gasteiger charge is 2.28. The van der Waals surface area contributed by atoms with Gasteiger partial charge in [0.2, 0.25) is 0 Å². The van der Waals surface area contributed by atoms with Crippen molar-refractivity contribution in [3.05, 3.63) is 59.7 Å². The summed E-state index contributed by atoms with van der Waals surface area (Å²) in [5.74, 6) is -0.380. The van der Waals surface area contributed by atoms with Gasteiger partial charge in [-0.25, -0.2) is 9.86 Å². The minimum Gasteiger partial charge on any atom is -0.391 e. The lowest BCUT2D eigenvalue weighted by Crippen LogP contribution is -2.55. The number of carbonyl (C=O) groups excluding carboxylic acids is 2. The Morgan fingerprint density at radius 2 is 1.55 bits per heavy atom. The van der Waals surface area contributed by atoms with E-state index >= 15 is 0 Å². The molecule has 0 aromatic heterocycles. The summed E-state index contributed by atoms with van der Waals surface area (Å²) in [6.07, 6.45) is 0.0241. The van der Waals surface area contributed by atoms with Crippen LogP contribution >= 0.6 is 0 Å². The number of urea groups is 1. The van der Waals surface area contributed by atoms with Crippen LogP contribution in [0.2, 0.25) is 0 Å². The van der Waals surface area contributed by atoms with Crippen LogP contribution in [0.4, 0.5) is 4.79 Å². The molecule has 33 heavy (non-hydrogen) atoms. The molecular weight excluding hydrogens is 420 g/mol. The predicted molar refractivity (Wildman–Crippen MR) is 127 cm³/mol. The Hall–Kier alpha value is -2.94. The van der Waals surface area contributed by atoms with E-state index < -0.39 is 18.2 Å². The molecule has 8 heteroatoms. The molecule has 8 nitrogen and oxygen atoms in total. The molecular formula is C25H34N4O4. The van der Waals surface area contributed by atoms with Crippen molar-refractivity contribution in [1.82, 2.24) is 20.2 Å². The molecule has 178 valence electrons. The third-order valence-electron chi connectivity index (χ3n) is 6.11. The van der Waals surface area contributed by atoms with Crippen molar-refractivity contribution in [2.24, 2.45) is 0 Å². The van der Waals surface area contributed by atoms with E-state index in [4.69, 9.17) is 0 Å². The van der Waals surface area contributed by atoms with E-state index in [9.17, 15) is 19.9 Å². The molecule has 2 aromatic rings. The first kappa shape index (κ1) is 24.7. The van der Waals surface area contributed by atoms with Crippen LogP contribution in [0.25, 0.3) is 11.1 Å². The zero-order valence-electron chi connectivity index (χ0n) is 19.6. The molecule has 1 heterocycles. The number of hydroxylamine groups is 2. The van der Waals surface area contributed by atoms with Crippen molar-refractivity contribution in [2.45, 2.75) is 32.4 Å². The van der Waals surface area contributed by atoms with E-state index in [1.165, 1.54) is 12.5 Å². The molecule has 0 unspecified atom stereocenters. The molecule has 1 fully saturated rings. The van der Waals surface area contributed by atoms with Crippen molar-refractivity contribution in [2.75, 3.05) is 39.8 Å². The number of aryl methyl sites for hydroxylation is 1. The summed E-state index contributed by atoms with van der Waals surface area (Å²) in [6.45, 7) is 5.92. The number of carbonyl (C=O) groups is 2. The van der Waals surface area contributed by atoms with Gasteiger partial charge in [0.05, 0.1) is 18.7 Å². The van der Waals surface area contributed by atoms with Gasteiger partial charge in [0.1, 0.15) is 0 Å². The molecule has 3 N–H and O–H groups in total. The third kappa shape index (κ3) is 6.54. The number of likely N-dealkylation sites (N-methyl/N-ethyl adjacent to an activating group) is 1. The molecule has 1 aliphatic rings. The van der Waals surface area contributed by atoms with Crippen molar-refractivity contribution >= 4 is 11.9 Å². The first-order chi connectivity index (χ1) is 15.8. The largest absolute Gasteiger partial charge is 0.391 e. The fraction of sp³-hybridized carbons (Fsp3) is 0.440. The first-order valence-corrected chi connectivity index (χ1v) is 11.4. The zero-order chi connectivity index (χ0) is 24.0. The highest BCUT2D eigenvalue weighted by Crippen LogP contribution is 2.21. The van der Waals surface area contributed by atoms with Crippen molar-refractivity contribution in [3.63, 3.8) is 0 Å². The van der Waals surface area contributed by atoms with Gasteiger partial charge in [-0.05, 0) is 49.2 Å². The van der Waals surface area contributed by atoms with Crippen LogP contribution in [0.1, 0.15) is 29.8 Å². The van der Waals surface area contributed by atoms with Gasteiger partial charge >= 0.3 is 6.03 Å². The van der Waals surface area contributed by atoms with Gasteiger partial charge in [-0.15, -0.1) is 0 Å². The Morgan fingerprint density at radius 3 is 2.06 bits per heavy atom. The van der Waals surface area contributed by atoms with E-state index in [2.05, 4.69) is 41.4 Å². The molecule has 1 saturated heterocycles. The Kier molecular flexibility index (Phi) is 8.43. The van der Waals surface area contributed by atoms with Crippen LogP contribution in [0.3, 0.4) is 0 Å². The van der Waals surface area contributed by atoms with Gasteiger partial charge in [0.15, 0.2) is 0 Å². The highest BCUT2D eigenvalue weighted by molar-refractivity contribution is 5.95. The van der Waals surface area contributed by atoms with Crippen LogP contribution in [-0.2, 0) is 6.42 Å². The van der Waals surface area contributed by atoms with Gasteiger partial charge in [-0.1, -0.05) is 43.3 Å². The number of nitrogens with one attached hydrogen (secondary N) is 1. The monoisotopic (exact) mass is 454 g/mol. The number of piperazine rings is 1. The van der Waals surface area contributed by atoms with Gasteiger partial charge in [-0.2, -0.15) is 0 Å². The molecule has 3 rings (SSSR count). The third-order valence-corrected chi connectivity index (χ3v) is 6.11. The van der Waals surface area contributed by atoms with Crippen molar-refractivity contribution in [1.29, 1.82) is 0 Å². The van der Waals surface area contributed by atoms with Gasteiger partial charge in [0.25, 0.3) is 5.91 Å². The average Bonchev–Trinajstić information content (AvgIpc) is 2.83. The quantitative estimate of drug-likeness (QED) is 0.441. The SMILES string of the molecule is CCc1ccc(-c2ccc(C(=O)N[C@H](CN(O)C(=O)N3CCN(C)CC3)[C@@H](C)O)cc2)cc1. The highest BCUT2D eigenvalue weighted by atomic mass is 16.5. The van der Waals surface area contributed by atoms with Crippen LogP contribution in [-0.4, -0.2) is 89.0 Å². The number of amides is 3. The molecule has 2 aromatic carbocycles. The van der Waals surface area contributed by atoms with Crippen LogP contribution in [0.15, 0.2) is 48.5 Å². The Bertz CT molecular complexity index is 922. The summed E-state index contributed by atoms with van der Waals surface area (Å²) in [6, 6.07) is 14.2. The van der Waals surface area contributed by atoms with E-state index in [0.29, 0.717) is 23.7 Å². The zero-order valence-corrected chi connectivity index (χ0v) is 19.6. The lowest BCUT2D eigenvalue weighted by Gasteiger charge is -2.35. The number of benzene rings is 2. The summed E-state index contributed by atoms with van der Waals surface area (Å²) in [7, 11) is 1.98. The number of nitrogens with zero attached hydrogens (tertiary/aromatic N) is 3. The number of hydrogen-bond acceptors (Lipinski definition) is 5.